The molecular formula is C15H22FN3O2. The molecule has 0 aromatic heterocycles. The lowest BCUT2D eigenvalue weighted by atomic mass is 10.1. The van der Waals surface area contributed by atoms with Gasteiger partial charge in [-0.15, -0.1) is 0 Å². The summed E-state index contributed by atoms with van der Waals surface area (Å²) < 4.78 is 12.7. The van der Waals surface area contributed by atoms with Gasteiger partial charge in [0.15, 0.2) is 0 Å². The maximum atomic E-state index is 12.7. The van der Waals surface area contributed by atoms with Crippen LogP contribution in [-0.4, -0.2) is 43.0 Å². The molecular weight excluding hydrogens is 273 g/mol. The Labute approximate surface area is 124 Å². The fourth-order valence-corrected chi connectivity index (χ4v) is 1.84. The van der Waals surface area contributed by atoms with Gasteiger partial charge in [0, 0.05) is 26.2 Å². The predicted octanol–water partition coefficient (Wildman–Crippen LogP) is 1.54. The molecule has 5 nitrogen and oxygen atoms in total. The molecule has 0 saturated carbocycles. The number of carbonyl (C=O) groups excluding carboxylic acids is 2. The summed E-state index contributed by atoms with van der Waals surface area (Å²) in [7, 11) is 0. The SMILES string of the molecule is CCN(CC)C(=O)NCCNC(=O)Cc1ccc(F)cc1. The zero-order chi connectivity index (χ0) is 15.7. The van der Waals surface area contributed by atoms with Crippen molar-refractivity contribution in [1.29, 1.82) is 0 Å². The Morgan fingerprint density at radius 1 is 1.05 bits per heavy atom. The summed E-state index contributed by atoms with van der Waals surface area (Å²) in [4.78, 5) is 25.0. The van der Waals surface area contributed by atoms with Gasteiger partial charge in [0.1, 0.15) is 5.82 Å². The molecule has 116 valence electrons. The smallest absolute Gasteiger partial charge is 0.317 e. The number of benzene rings is 1. The first-order valence-electron chi connectivity index (χ1n) is 7.10. The number of nitrogens with zero attached hydrogens (tertiary/aromatic N) is 1. The number of amides is 3. The molecule has 2 N–H and O–H groups in total. The van der Waals surface area contributed by atoms with Crippen molar-refractivity contribution in [1.82, 2.24) is 15.5 Å². The van der Waals surface area contributed by atoms with Crippen molar-refractivity contribution in [3.05, 3.63) is 35.6 Å². The molecule has 1 rings (SSSR count). The lowest BCUT2D eigenvalue weighted by Gasteiger charge is -2.19. The van der Waals surface area contributed by atoms with E-state index >= 15 is 0 Å². The molecule has 0 saturated heterocycles. The quantitative estimate of drug-likeness (QED) is 0.750. The van der Waals surface area contributed by atoms with Crippen molar-refractivity contribution in [3.63, 3.8) is 0 Å². The lowest BCUT2D eigenvalue weighted by Crippen LogP contribution is -2.43. The standard InChI is InChI=1S/C15H22FN3O2/c1-3-19(4-2)15(21)18-10-9-17-14(20)11-12-5-7-13(16)8-6-12/h5-8H,3-4,9-11H2,1-2H3,(H,17,20)(H,18,21). The summed E-state index contributed by atoms with van der Waals surface area (Å²) in [6, 6.07) is 5.68. The highest BCUT2D eigenvalue weighted by atomic mass is 19.1. The van der Waals surface area contributed by atoms with Crippen LogP contribution in [0.3, 0.4) is 0 Å². The minimum Gasteiger partial charge on any atom is -0.354 e. The molecule has 0 radical (unpaired) electrons. The van der Waals surface area contributed by atoms with E-state index in [2.05, 4.69) is 10.6 Å². The first kappa shape index (κ1) is 16.9. The van der Waals surface area contributed by atoms with Crippen molar-refractivity contribution in [2.75, 3.05) is 26.2 Å². The van der Waals surface area contributed by atoms with Crippen molar-refractivity contribution < 1.29 is 14.0 Å². The fourth-order valence-electron chi connectivity index (χ4n) is 1.84. The molecule has 1 aromatic rings. The Balaban J connectivity index is 2.22. The summed E-state index contributed by atoms with van der Waals surface area (Å²) in [6.07, 6.45) is 0.199. The number of halogens is 1. The van der Waals surface area contributed by atoms with Crippen LogP contribution >= 0.6 is 0 Å². The summed E-state index contributed by atoms with van der Waals surface area (Å²) in [5.41, 5.74) is 0.751. The Morgan fingerprint density at radius 3 is 2.19 bits per heavy atom. The first-order valence-corrected chi connectivity index (χ1v) is 7.10. The van der Waals surface area contributed by atoms with Gasteiger partial charge in [-0.2, -0.15) is 0 Å². The van der Waals surface area contributed by atoms with Gasteiger partial charge in [0.2, 0.25) is 5.91 Å². The third-order valence-electron chi connectivity index (χ3n) is 3.05. The summed E-state index contributed by atoms with van der Waals surface area (Å²) in [5, 5.41) is 5.44. The average molecular weight is 295 g/mol. The highest BCUT2D eigenvalue weighted by molar-refractivity contribution is 5.78. The van der Waals surface area contributed by atoms with Crippen molar-refractivity contribution in [2.24, 2.45) is 0 Å². The van der Waals surface area contributed by atoms with Gasteiger partial charge < -0.3 is 15.5 Å². The zero-order valence-corrected chi connectivity index (χ0v) is 12.5. The second-order valence-electron chi connectivity index (χ2n) is 4.56. The molecule has 0 unspecified atom stereocenters. The van der Waals surface area contributed by atoms with Crippen LogP contribution in [0.1, 0.15) is 19.4 Å². The van der Waals surface area contributed by atoms with E-state index < -0.39 is 0 Å². The van der Waals surface area contributed by atoms with Crippen LogP contribution in [0, 0.1) is 5.82 Å². The number of nitrogens with one attached hydrogen (secondary N) is 2. The Bertz CT molecular complexity index is 458. The van der Waals surface area contributed by atoms with Crippen molar-refractivity contribution >= 4 is 11.9 Å². The van der Waals surface area contributed by atoms with Gasteiger partial charge in [-0.05, 0) is 31.5 Å². The van der Waals surface area contributed by atoms with Crippen LogP contribution in [0.5, 0.6) is 0 Å². The number of rotatable bonds is 7. The van der Waals surface area contributed by atoms with Gasteiger partial charge in [0.05, 0.1) is 6.42 Å². The third-order valence-corrected chi connectivity index (χ3v) is 3.05. The topological polar surface area (TPSA) is 61.4 Å². The van der Waals surface area contributed by atoms with Crippen LogP contribution in [0.25, 0.3) is 0 Å². The van der Waals surface area contributed by atoms with Gasteiger partial charge >= 0.3 is 6.03 Å². The van der Waals surface area contributed by atoms with E-state index in [0.29, 0.717) is 26.2 Å². The van der Waals surface area contributed by atoms with Crippen LogP contribution in [-0.2, 0) is 11.2 Å². The minimum absolute atomic E-state index is 0.132. The Morgan fingerprint density at radius 2 is 1.62 bits per heavy atom. The fraction of sp³-hybridized carbons (Fsp3) is 0.467. The van der Waals surface area contributed by atoms with E-state index in [4.69, 9.17) is 0 Å². The molecule has 0 fully saturated rings. The zero-order valence-electron chi connectivity index (χ0n) is 12.5. The van der Waals surface area contributed by atoms with Crippen LogP contribution in [0.4, 0.5) is 9.18 Å². The van der Waals surface area contributed by atoms with Crippen LogP contribution in [0.2, 0.25) is 0 Å². The molecule has 1 aromatic carbocycles. The second-order valence-corrected chi connectivity index (χ2v) is 4.56. The predicted molar refractivity (Wildman–Crippen MR) is 79.4 cm³/mol. The maximum absolute atomic E-state index is 12.7. The number of hydrogen-bond donors (Lipinski definition) is 2. The molecule has 0 aliphatic rings. The Hall–Kier alpha value is -2.11. The normalized spacial score (nSPS) is 10.0. The summed E-state index contributed by atoms with van der Waals surface area (Å²) in [6.45, 7) is 5.87. The number of hydrogen-bond acceptors (Lipinski definition) is 2. The molecule has 0 aliphatic carbocycles. The van der Waals surface area contributed by atoms with Gasteiger partial charge in [-0.1, -0.05) is 12.1 Å². The highest BCUT2D eigenvalue weighted by Gasteiger charge is 2.08. The van der Waals surface area contributed by atoms with E-state index in [1.807, 2.05) is 13.8 Å². The largest absolute Gasteiger partial charge is 0.354 e. The maximum Gasteiger partial charge on any atom is 0.317 e. The van der Waals surface area contributed by atoms with Crippen molar-refractivity contribution in [2.45, 2.75) is 20.3 Å². The lowest BCUT2D eigenvalue weighted by molar-refractivity contribution is -0.120. The van der Waals surface area contributed by atoms with Crippen molar-refractivity contribution in [3.8, 4) is 0 Å². The molecule has 3 amide bonds. The Kier molecular flexibility index (Phi) is 7.21. The van der Waals surface area contributed by atoms with E-state index in [1.165, 1.54) is 12.1 Å². The van der Waals surface area contributed by atoms with E-state index in [-0.39, 0.29) is 24.2 Å². The minimum atomic E-state index is -0.321. The summed E-state index contributed by atoms with van der Waals surface area (Å²) in [5.74, 6) is -0.475. The van der Waals surface area contributed by atoms with E-state index in [0.717, 1.165) is 5.56 Å². The van der Waals surface area contributed by atoms with Gasteiger partial charge in [0.25, 0.3) is 0 Å². The average Bonchev–Trinajstić information content (AvgIpc) is 2.47. The molecule has 0 heterocycles. The summed E-state index contributed by atoms with van der Waals surface area (Å²) >= 11 is 0. The third kappa shape index (κ3) is 6.25. The highest BCUT2D eigenvalue weighted by Crippen LogP contribution is 2.03. The monoisotopic (exact) mass is 295 g/mol. The van der Waals surface area contributed by atoms with Crippen LogP contribution in [0.15, 0.2) is 24.3 Å². The van der Waals surface area contributed by atoms with Crippen LogP contribution < -0.4 is 10.6 Å². The number of carbonyl (C=O) groups is 2. The van der Waals surface area contributed by atoms with Gasteiger partial charge in [-0.3, -0.25) is 4.79 Å². The molecule has 21 heavy (non-hydrogen) atoms. The molecule has 0 atom stereocenters. The second kappa shape index (κ2) is 8.94. The first-order chi connectivity index (χ1) is 10.1. The van der Waals surface area contributed by atoms with E-state index in [1.54, 1.807) is 17.0 Å². The molecule has 0 bridgehead atoms. The van der Waals surface area contributed by atoms with E-state index in [9.17, 15) is 14.0 Å². The molecule has 0 aliphatic heterocycles. The molecule has 0 spiro atoms. The molecule has 6 heteroatoms. The number of urea groups is 1. The van der Waals surface area contributed by atoms with Gasteiger partial charge in [-0.25, -0.2) is 9.18 Å².